The highest BCUT2D eigenvalue weighted by atomic mass is 19.1. The molecule has 0 amide bonds. The highest BCUT2D eigenvalue weighted by Crippen LogP contribution is 2.25. The minimum Gasteiger partial charge on any atom is -0.463 e. The molecule has 1 saturated heterocycles. The largest absolute Gasteiger partial charge is 0.463 e. The third-order valence-corrected chi connectivity index (χ3v) is 2.02. The molecule has 0 saturated carbocycles. The minimum atomic E-state index is -1.84. The van der Waals surface area contributed by atoms with E-state index in [0.717, 1.165) is 6.92 Å². The topological polar surface area (TPSA) is 82.1 Å². The van der Waals surface area contributed by atoms with Crippen molar-refractivity contribution < 1.29 is 33.3 Å². The molecule has 4 atom stereocenters. The summed E-state index contributed by atoms with van der Waals surface area (Å²) in [4.78, 5) is 21.3. The number of ether oxygens (including phenoxy) is 3. The van der Waals surface area contributed by atoms with E-state index in [2.05, 4.69) is 9.47 Å². The Labute approximate surface area is 91.3 Å². The molecular formula is C9H13FO6. The van der Waals surface area contributed by atoms with Crippen molar-refractivity contribution in [2.45, 2.75) is 38.5 Å². The molecule has 1 rings (SSSR count). The van der Waals surface area contributed by atoms with Gasteiger partial charge in [0.2, 0.25) is 0 Å². The number of alkyl halides is 1. The Bertz CT molecular complexity index is 281. The van der Waals surface area contributed by atoms with E-state index in [4.69, 9.17) is 9.84 Å². The number of rotatable bonds is 3. The molecule has 92 valence electrons. The van der Waals surface area contributed by atoms with Crippen LogP contribution < -0.4 is 0 Å². The molecule has 1 N–H and O–H groups in total. The SMILES string of the molecule is CC(=O)OC[C@@H]1O[C@H](O)[C@H](F)[C@H]1OC(C)=O. The van der Waals surface area contributed by atoms with Crippen LogP contribution in [-0.4, -0.2) is 48.3 Å². The summed E-state index contributed by atoms with van der Waals surface area (Å²) in [7, 11) is 0. The Morgan fingerprint density at radius 1 is 1.38 bits per heavy atom. The summed E-state index contributed by atoms with van der Waals surface area (Å²) in [5.74, 6) is -1.26. The van der Waals surface area contributed by atoms with E-state index in [-0.39, 0.29) is 6.61 Å². The quantitative estimate of drug-likeness (QED) is 0.667. The molecule has 7 heteroatoms. The van der Waals surface area contributed by atoms with E-state index < -0.39 is 36.6 Å². The summed E-state index contributed by atoms with van der Waals surface area (Å²) in [5, 5.41) is 9.09. The number of aliphatic hydroxyl groups excluding tert-OH is 1. The van der Waals surface area contributed by atoms with E-state index in [1.807, 2.05) is 0 Å². The Balaban J connectivity index is 2.59. The molecule has 16 heavy (non-hydrogen) atoms. The van der Waals surface area contributed by atoms with Gasteiger partial charge in [-0.05, 0) is 0 Å². The van der Waals surface area contributed by atoms with Crippen molar-refractivity contribution >= 4 is 11.9 Å². The smallest absolute Gasteiger partial charge is 0.303 e. The lowest BCUT2D eigenvalue weighted by molar-refractivity contribution is -0.159. The Morgan fingerprint density at radius 2 is 2.00 bits per heavy atom. The zero-order valence-electron chi connectivity index (χ0n) is 8.88. The summed E-state index contributed by atoms with van der Waals surface area (Å²) < 4.78 is 27.3. The van der Waals surface area contributed by atoms with Crippen molar-refractivity contribution in [2.75, 3.05) is 6.61 Å². The molecule has 0 aromatic carbocycles. The van der Waals surface area contributed by atoms with Crippen molar-refractivity contribution in [3.8, 4) is 0 Å². The van der Waals surface area contributed by atoms with Gasteiger partial charge in [0, 0.05) is 13.8 Å². The van der Waals surface area contributed by atoms with Crippen LogP contribution in [0.2, 0.25) is 0 Å². The number of hydrogen-bond donors (Lipinski definition) is 1. The summed E-state index contributed by atoms with van der Waals surface area (Å²) in [6.07, 6.45) is -5.76. The summed E-state index contributed by atoms with van der Waals surface area (Å²) >= 11 is 0. The molecule has 1 aliphatic rings. The van der Waals surface area contributed by atoms with Gasteiger partial charge >= 0.3 is 11.9 Å². The molecule has 0 radical (unpaired) electrons. The van der Waals surface area contributed by atoms with Crippen LogP contribution in [0.25, 0.3) is 0 Å². The van der Waals surface area contributed by atoms with E-state index in [9.17, 15) is 14.0 Å². The van der Waals surface area contributed by atoms with Gasteiger partial charge in [0.1, 0.15) is 12.7 Å². The highest BCUT2D eigenvalue weighted by Gasteiger charge is 2.47. The fraction of sp³-hybridized carbons (Fsp3) is 0.778. The van der Waals surface area contributed by atoms with Gasteiger partial charge in [0.15, 0.2) is 18.6 Å². The van der Waals surface area contributed by atoms with E-state index in [1.54, 1.807) is 0 Å². The Kier molecular flexibility index (Phi) is 4.19. The molecule has 0 aliphatic carbocycles. The predicted molar refractivity (Wildman–Crippen MR) is 48.0 cm³/mol. The van der Waals surface area contributed by atoms with Gasteiger partial charge in [-0.1, -0.05) is 0 Å². The number of carbonyl (C=O) groups is 2. The second-order valence-corrected chi connectivity index (χ2v) is 3.39. The van der Waals surface area contributed by atoms with E-state index in [0.29, 0.717) is 0 Å². The maximum absolute atomic E-state index is 13.3. The van der Waals surface area contributed by atoms with Gasteiger partial charge in [-0.3, -0.25) is 9.59 Å². The monoisotopic (exact) mass is 236 g/mol. The molecule has 0 aromatic rings. The van der Waals surface area contributed by atoms with Crippen molar-refractivity contribution in [1.82, 2.24) is 0 Å². The van der Waals surface area contributed by atoms with Crippen LogP contribution in [0.4, 0.5) is 4.39 Å². The van der Waals surface area contributed by atoms with Crippen LogP contribution in [0, 0.1) is 0 Å². The lowest BCUT2D eigenvalue weighted by Gasteiger charge is -2.18. The third kappa shape index (κ3) is 3.14. The zero-order chi connectivity index (χ0) is 12.3. The number of esters is 2. The van der Waals surface area contributed by atoms with Crippen LogP contribution >= 0.6 is 0 Å². The number of carbonyl (C=O) groups excluding carboxylic acids is 2. The Hall–Kier alpha value is -1.21. The molecule has 1 aliphatic heterocycles. The first-order valence-corrected chi connectivity index (χ1v) is 4.70. The van der Waals surface area contributed by atoms with Crippen LogP contribution in [0.5, 0.6) is 0 Å². The summed E-state index contributed by atoms with van der Waals surface area (Å²) in [6, 6.07) is 0. The molecule has 0 spiro atoms. The van der Waals surface area contributed by atoms with Gasteiger partial charge in [0.25, 0.3) is 0 Å². The fourth-order valence-electron chi connectivity index (χ4n) is 1.37. The maximum atomic E-state index is 13.3. The van der Waals surface area contributed by atoms with Crippen LogP contribution in [-0.2, 0) is 23.8 Å². The Morgan fingerprint density at radius 3 is 2.50 bits per heavy atom. The predicted octanol–water partition coefficient (Wildman–Crippen LogP) is -0.464. The number of aliphatic hydroxyl groups is 1. The normalized spacial score (nSPS) is 33.5. The van der Waals surface area contributed by atoms with Crippen LogP contribution in [0.15, 0.2) is 0 Å². The summed E-state index contributed by atoms with van der Waals surface area (Å²) in [5.41, 5.74) is 0. The average Bonchev–Trinajstić information content (AvgIpc) is 2.42. The summed E-state index contributed by atoms with van der Waals surface area (Å²) in [6.45, 7) is 2.02. The molecule has 0 unspecified atom stereocenters. The van der Waals surface area contributed by atoms with Crippen molar-refractivity contribution in [3.05, 3.63) is 0 Å². The zero-order valence-corrected chi connectivity index (χ0v) is 8.88. The molecule has 0 aromatic heterocycles. The second-order valence-electron chi connectivity index (χ2n) is 3.39. The average molecular weight is 236 g/mol. The first kappa shape index (κ1) is 12.9. The van der Waals surface area contributed by atoms with Crippen molar-refractivity contribution in [2.24, 2.45) is 0 Å². The standard InChI is InChI=1S/C9H13FO6/c1-4(11)14-3-6-8(15-5(2)12)7(10)9(13)16-6/h6-9,13H,3H2,1-2H3/t6-,7+,8-,9-/m0/s1. The van der Waals surface area contributed by atoms with Crippen molar-refractivity contribution in [3.63, 3.8) is 0 Å². The van der Waals surface area contributed by atoms with Crippen LogP contribution in [0.3, 0.4) is 0 Å². The first-order chi connectivity index (χ1) is 7.41. The van der Waals surface area contributed by atoms with Crippen LogP contribution in [0.1, 0.15) is 13.8 Å². The number of hydrogen-bond acceptors (Lipinski definition) is 6. The van der Waals surface area contributed by atoms with Gasteiger partial charge < -0.3 is 19.3 Å². The molecular weight excluding hydrogens is 223 g/mol. The van der Waals surface area contributed by atoms with Gasteiger partial charge in [-0.2, -0.15) is 0 Å². The highest BCUT2D eigenvalue weighted by molar-refractivity contribution is 5.66. The molecule has 6 nitrogen and oxygen atoms in total. The maximum Gasteiger partial charge on any atom is 0.303 e. The lowest BCUT2D eigenvalue weighted by atomic mass is 10.1. The van der Waals surface area contributed by atoms with Gasteiger partial charge in [0.05, 0.1) is 0 Å². The fourth-order valence-corrected chi connectivity index (χ4v) is 1.37. The van der Waals surface area contributed by atoms with Gasteiger partial charge in [-0.15, -0.1) is 0 Å². The van der Waals surface area contributed by atoms with Crippen molar-refractivity contribution in [1.29, 1.82) is 0 Å². The molecule has 0 bridgehead atoms. The third-order valence-electron chi connectivity index (χ3n) is 2.02. The molecule has 1 heterocycles. The lowest BCUT2D eigenvalue weighted by Crippen LogP contribution is -2.36. The van der Waals surface area contributed by atoms with E-state index in [1.165, 1.54) is 6.92 Å². The second kappa shape index (κ2) is 5.22. The minimum absolute atomic E-state index is 0.273. The first-order valence-electron chi connectivity index (χ1n) is 4.70. The molecule has 1 fully saturated rings. The number of halogens is 1. The van der Waals surface area contributed by atoms with Gasteiger partial charge in [-0.25, -0.2) is 4.39 Å². The van der Waals surface area contributed by atoms with E-state index >= 15 is 0 Å².